The van der Waals surface area contributed by atoms with Crippen molar-refractivity contribution in [2.45, 2.75) is 76.9 Å². The molecule has 1 atom stereocenters. The average Bonchev–Trinajstić information content (AvgIpc) is 3.26. The SMILES string of the molecule is CCCCN1C2CCC1(C(NC(=O)c1c(C)cccc1C)c1ccccc1)CC2. The highest BCUT2D eigenvalue weighted by molar-refractivity contribution is 5.97. The van der Waals surface area contributed by atoms with E-state index in [1.54, 1.807) is 0 Å². The van der Waals surface area contributed by atoms with Gasteiger partial charge in [0.1, 0.15) is 0 Å². The van der Waals surface area contributed by atoms with Crippen LogP contribution in [0.25, 0.3) is 0 Å². The monoisotopic (exact) mass is 390 g/mol. The third kappa shape index (κ3) is 3.61. The number of nitrogens with zero attached hydrogens (tertiary/aromatic N) is 1. The molecule has 4 rings (SSSR count). The van der Waals surface area contributed by atoms with Crippen LogP contribution in [0.3, 0.4) is 0 Å². The summed E-state index contributed by atoms with van der Waals surface area (Å²) in [7, 11) is 0. The van der Waals surface area contributed by atoms with E-state index >= 15 is 0 Å². The number of carbonyl (C=O) groups excluding carboxylic acids is 1. The van der Waals surface area contributed by atoms with Crippen LogP contribution in [0.15, 0.2) is 48.5 Å². The van der Waals surface area contributed by atoms with Crippen LogP contribution >= 0.6 is 0 Å². The van der Waals surface area contributed by atoms with Crippen LogP contribution < -0.4 is 5.32 Å². The van der Waals surface area contributed by atoms with E-state index in [2.05, 4.69) is 47.5 Å². The topological polar surface area (TPSA) is 32.3 Å². The number of unbranched alkanes of at least 4 members (excludes halogenated alkanes) is 1. The Kier molecular flexibility index (Phi) is 5.78. The van der Waals surface area contributed by atoms with Crippen molar-refractivity contribution in [3.05, 3.63) is 70.8 Å². The summed E-state index contributed by atoms with van der Waals surface area (Å²) in [6.07, 6.45) is 7.30. The number of hydrogen-bond donors (Lipinski definition) is 1. The minimum Gasteiger partial charge on any atom is -0.343 e. The Bertz CT molecular complexity index is 832. The van der Waals surface area contributed by atoms with Crippen molar-refractivity contribution in [3.8, 4) is 0 Å². The lowest BCUT2D eigenvalue weighted by atomic mass is 9.78. The van der Waals surface area contributed by atoms with Gasteiger partial charge >= 0.3 is 0 Å². The van der Waals surface area contributed by atoms with Crippen LogP contribution in [0, 0.1) is 13.8 Å². The second-order valence-electron chi connectivity index (χ2n) is 8.97. The summed E-state index contributed by atoms with van der Waals surface area (Å²) in [5, 5.41) is 3.52. The zero-order valence-corrected chi connectivity index (χ0v) is 18.1. The lowest BCUT2D eigenvalue weighted by Crippen LogP contribution is -2.52. The minimum absolute atomic E-state index is 0.0274. The molecule has 1 N–H and O–H groups in total. The molecule has 2 fully saturated rings. The maximum atomic E-state index is 13.5. The van der Waals surface area contributed by atoms with Crippen molar-refractivity contribution in [1.82, 2.24) is 10.2 Å². The third-order valence-corrected chi connectivity index (χ3v) is 7.24. The molecule has 3 heteroatoms. The highest BCUT2D eigenvalue weighted by Crippen LogP contribution is 2.52. The Labute approximate surface area is 175 Å². The second kappa shape index (κ2) is 8.31. The summed E-state index contributed by atoms with van der Waals surface area (Å²) < 4.78 is 0. The molecule has 2 aliphatic rings. The summed E-state index contributed by atoms with van der Waals surface area (Å²) in [6.45, 7) is 7.48. The quantitative estimate of drug-likeness (QED) is 0.670. The molecule has 0 radical (unpaired) electrons. The Morgan fingerprint density at radius 3 is 2.34 bits per heavy atom. The largest absolute Gasteiger partial charge is 0.343 e. The number of hydrogen-bond acceptors (Lipinski definition) is 2. The van der Waals surface area contributed by atoms with E-state index in [4.69, 9.17) is 0 Å². The predicted octanol–water partition coefficient (Wildman–Crippen LogP) is 5.57. The van der Waals surface area contributed by atoms with E-state index in [9.17, 15) is 4.79 Å². The molecule has 1 amide bonds. The van der Waals surface area contributed by atoms with E-state index < -0.39 is 0 Å². The number of aryl methyl sites for hydroxylation is 2. The Balaban J connectivity index is 1.71. The van der Waals surface area contributed by atoms with Crippen molar-refractivity contribution in [2.24, 2.45) is 0 Å². The molecule has 0 aromatic heterocycles. The third-order valence-electron chi connectivity index (χ3n) is 7.24. The molecule has 2 bridgehead atoms. The van der Waals surface area contributed by atoms with Crippen LogP contribution in [0.5, 0.6) is 0 Å². The molecule has 0 spiro atoms. The molecule has 0 aliphatic carbocycles. The van der Waals surface area contributed by atoms with E-state index in [1.165, 1.54) is 44.1 Å². The molecular weight excluding hydrogens is 356 g/mol. The van der Waals surface area contributed by atoms with Crippen molar-refractivity contribution < 1.29 is 4.79 Å². The maximum Gasteiger partial charge on any atom is 0.252 e. The van der Waals surface area contributed by atoms with Crippen LogP contribution in [0.2, 0.25) is 0 Å². The molecule has 2 aromatic rings. The van der Waals surface area contributed by atoms with E-state index in [1.807, 2.05) is 32.0 Å². The van der Waals surface area contributed by atoms with Gasteiger partial charge in [0.15, 0.2) is 0 Å². The van der Waals surface area contributed by atoms with Gasteiger partial charge in [-0.3, -0.25) is 9.69 Å². The number of fused-ring (bicyclic) bond motifs is 2. The first-order valence-corrected chi connectivity index (χ1v) is 11.3. The predicted molar refractivity (Wildman–Crippen MR) is 119 cm³/mol. The normalized spacial score (nSPS) is 24.6. The van der Waals surface area contributed by atoms with Gasteiger partial charge in [0, 0.05) is 17.1 Å². The highest BCUT2D eigenvalue weighted by Gasteiger charge is 2.56. The average molecular weight is 391 g/mol. The molecule has 29 heavy (non-hydrogen) atoms. The molecule has 2 aromatic carbocycles. The van der Waals surface area contributed by atoms with Crippen molar-refractivity contribution in [3.63, 3.8) is 0 Å². The number of amides is 1. The molecule has 154 valence electrons. The Hall–Kier alpha value is -2.13. The second-order valence-corrected chi connectivity index (χ2v) is 8.97. The molecule has 2 heterocycles. The fraction of sp³-hybridized carbons (Fsp3) is 0.500. The van der Waals surface area contributed by atoms with E-state index in [0.717, 1.165) is 23.2 Å². The minimum atomic E-state index is 0.0274. The number of carbonyl (C=O) groups is 1. The fourth-order valence-electron chi connectivity index (χ4n) is 5.80. The van der Waals surface area contributed by atoms with Gasteiger partial charge < -0.3 is 5.32 Å². The van der Waals surface area contributed by atoms with Crippen LogP contribution in [0.4, 0.5) is 0 Å². The van der Waals surface area contributed by atoms with E-state index in [0.29, 0.717) is 6.04 Å². The van der Waals surface area contributed by atoms with Gasteiger partial charge in [-0.25, -0.2) is 0 Å². The summed E-state index contributed by atoms with van der Waals surface area (Å²) in [4.78, 5) is 16.2. The smallest absolute Gasteiger partial charge is 0.252 e. The molecular formula is C26H34N2O. The van der Waals surface area contributed by atoms with Gasteiger partial charge in [-0.05, 0) is 69.2 Å². The van der Waals surface area contributed by atoms with Crippen molar-refractivity contribution >= 4 is 5.91 Å². The summed E-state index contributed by atoms with van der Waals surface area (Å²) in [5.74, 6) is 0.0645. The van der Waals surface area contributed by atoms with Crippen molar-refractivity contribution in [1.29, 1.82) is 0 Å². The highest BCUT2D eigenvalue weighted by atomic mass is 16.1. The van der Waals surface area contributed by atoms with Gasteiger partial charge in [-0.2, -0.15) is 0 Å². The van der Waals surface area contributed by atoms with Crippen LogP contribution in [-0.4, -0.2) is 28.9 Å². The molecule has 3 nitrogen and oxygen atoms in total. The first-order chi connectivity index (χ1) is 14.1. The zero-order chi connectivity index (χ0) is 20.4. The Morgan fingerprint density at radius 1 is 1.07 bits per heavy atom. The zero-order valence-electron chi connectivity index (χ0n) is 18.1. The van der Waals surface area contributed by atoms with Gasteiger partial charge in [-0.1, -0.05) is 61.9 Å². The van der Waals surface area contributed by atoms with Gasteiger partial charge in [0.05, 0.1) is 6.04 Å². The molecule has 2 saturated heterocycles. The molecule has 2 aliphatic heterocycles. The van der Waals surface area contributed by atoms with Crippen LogP contribution in [-0.2, 0) is 0 Å². The number of benzene rings is 2. The molecule has 0 saturated carbocycles. The summed E-state index contributed by atoms with van der Waals surface area (Å²) >= 11 is 0. The first-order valence-electron chi connectivity index (χ1n) is 11.3. The Morgan fingerprint density at radius 2 is 1.72 bits per heavy atom. The van der Waals surface area contributed by atoms with Crippen molar-refractivity contribution in [2.75, 3.05) is 6.54 Å². The van der Waals surface area contributed by atoms with Gasteiger partial charge in [0.25, 0.3) is 5.91 Å². The standard InChI is InChI=1S/C26H34N2O/c1-4-5-18-28-22-14-16-26(28,17-15-22)24(21-12-7-6-8-13-21)27-25(29)23-19(2)10-9-11-20(23)3/h6-13,22,24H,4-5,14-18H2,1-3H3,(H,27,29). The first kappa shape index (κ1) is 20.2. The van der Waals surface area contributed by atoms with Gasteiger partial charge in [0.2, 0.25) is 0 Å². The molecule has 1 unspecified atom stereocenters. The fourth-order valence-corrected chi connectivity index (χ4v) is 5.80. The lowest BCUT2D eigenvalue weighted by molar-refractivity contribution is 0.0776. The van der Waals surface area contributed by atoms with E-state index in [-0.39, 0.29) is 17.5 Å². The van der Waals surface area contributed by atoms with Crippen LogP contribution in [0.1, 0.15) is 78.5 Å². The number of nitrogens with one attached hydrogen (secondary N) is 1. The summed E-state index contributed by atoms with van der Waals surface area (Å²) in [5.41, 5.74) is 4.21. The lowest BCUT2D eigenvalue weighted by Gasteiger charge is -2.42. The van der Waals surface area contributed by atoms with Gasteiger partial charge in [-0.15, -0.1) is 0 Å². The summed E-state index contributed by atoms with van der Waals surface area (Å²) in [6, 6.07) is 17.4. The number of rotatable bonds is 7. The maximum absolute atomic E-state index is 13.5.